The van der Waals surface area contributed by atoms with Crippen LogP contribution in [0.4, 0.5) is 0 Å². The summed E-state index contributed by atoms with van der Waals surface area (Å²) in [5, 5.41) is 9.95. The van der Waals surface area contributed by atoms with E-state index >= 15 is 0 Å². The van der Waals surface area contributed by atoms with Crippen LogP contribution in [0.15, 0.2) is 40.1 Å². The molecule has 1 amide bonds. The molecule has 0 saturated heterocycles. The Hall–Kier alpha value is -3.40. The third kappa shape index (κ3) is 4.43. The summed E-state index contributed by atoms with van der Waals surface area (Å²) in [5.74, 6) is 0.817. The summed E-state index contributed by atoms with van der Waals surface area (Å²) in [4.78, 5) is 27.3. The number of hydrogen-bond acceptors (Lipinski definition) is 9. The highest BCUT2D eigenvalue weighted by molar-refractivity contribution is 7.13. The minimum atomic E-state index is -0.615. The lowest BCUT2D eigenvalue weighted by Crippen LogP contribution is -2.35. The molecule has 0 unspecified atom stereocenters. The molecule has 1 aliphatic heterocycles. The van der Waals surface area contributed by atoms with Gasteiger partial charge in [0, 0.05) is 6.54 Å². The van der Waals surface area contributed by atoms with Crippen molar-refractivity contribution < 1.29 is 28.2 Å². The van der Waals surface area contributed by atoms with E-state index in [0.29, 0.717) is 29.8 Å². The van der Waals surface area contributed by atoms with Crippen LogP contribution in [0.25, 0.3) is 10.8 Å². The number of hydrogen-bond donors (Lipinski definition) is 0. The molecule has 0 aliphatic carbocycles. The molecule has 1 aliphatic rings. The van der Waals surface area contributed by atoms with E-state index in [1.807, 2.05) is 24.4 Å². The van der Waals surface area contributed by atoms with Crippen molar-refractivity contribution in [3.63, 3.8) is 0 Å². The molecule has 1 aromatic carbocycles. The number of thiophene rings is 1. The maximum atomic E-state index is 12.6. The van der Waals surface area contributed by atoms with E-state index in [1.165, 1.54) is 22.3 Å². The SMILES string of the molecule is CCCN(Cc1nnc(-c2cccs2)o1)C(=O)COC(=O)c1ccc2c(c1)OCO2. The lowest BCUT2D eigenvalue weighted by atomic mass is 10.2. The van der Waals surface area contributed by atoms with Crippen LogP contribution in [-0.4, -0.2) is 46.9 Å². The van der Waals surface area contributed by atoms with E-state index in [-0.39, 0.29) is 31.4 Å². The minimum Gasteiger partial charge on any atom is -0.454 e. The van der Waals surface area contributed by atoms with Gasteiger partial charge in [-0.3, -0.25) is 4.79 Å². The van der Waals surface area contributed by atoms with Crippen molar-refractivity contribution >= 4 is 23.2 Å². The van der Waals surface area contributed by atoms with Gasteiger partial charge in [0.05, 0.1) is 17.0 Å². The van der Waals surface area contributed by atoms with Crippen LogP contribution in [0.1, 0.15) is 29.6 Å². The number of ether oxygens (including phenoxy) is 3. The number of carbonyl (C=O) groups excluding carboxylic acids is 2. The van der Waals surface area contributed by atoms with Crippen LogP contribution in [0.3, 0.4) is 0 Å². The number of aromatic nitrogens is 2. The number of esters is 1. The van der Waals surface area contributed by atoms with Crippen LogP contribution in [0.2, 0.25) is 0 Å². The van der Waals surface area contributed by atoms with Crippen molar-refractivity contribution in [3.8, 4) is 22.3 Å². The molecule has 0 radical (unpaired) electrons. The molecule has 30 heavy (non-hydrogen) atoms. The van der Waals surface area contributed by atoms with Crippen LogP contribution < -0.4 is 9.47 Å². The van der Waals surface area contributed by atoms with Gasteiger partial charge in [-0.1, -0.05) is 13.0 Å². The highest BCUT2D eigenvalue weighted by Crippen LogP contribution is 2.32. The third-order valence-corrected chi connectivity index (χ3v) is 5.16. The molecule has 3 aromatic rings. The first kappa shape index (κ1) is 19.9. The van der Waals surface area contributed by atoms with Crippen LogP contribution in [0.5, 0.6) is 11.5 Å². The Morgan fingerprint density at radius 1 is 1.20 bits per heavy atom. The maximum absolute atomic E-state index is 12.6. The Balaban J connectivity index is 1.35. The van der Waals surface area contributed by atoms with Crippen molar-refractivity contribution in [1.29, 1.82) is 0 Å². The van der Waals surface area contributed by atoms with Gasteiger partial charge < -0.3 is 23.5 Å². The Kier molecular flexibility index (Phi) is 5.94. The second-order valence-corrected chi connectivity index (χ2v) is 7.39. The number of benzene rings is 1. The van der Waals surface area contributed by atoms with E-state index in [4.69, 9.17) is 18.6 Å². The largest absolute Gasteiger partial charge is 0.454 e. The second-order valence-electron chi connectivity index (χ2n) is 6.44. The maximum Gasteiger partial charge on any atom is 0.338 e. The predicted octanol–water partition coefficient (Wildman–Crippen LogP) is 3.12. The molecule has 0 fully saturated rings. The van der Waals surface area contributed by atoms with Gasteiger partial charge in [0.2, 0.25) is 12.7 Å². The fourth-order valence-corrected chi connectivity index (χ4v) is 3.51. The summed E-state index contributed by atoms with van der Waals surface area (Å²) in [5.41, 5.74) is 0.284. The van der Waals surface area contributed by atoms with Crippen LogP contribution in [-0.2, 0) is 16.1 Å². The number of nitrogens with zero attached hydrogens (tertiary/aromatic N) is 3. The van der Waals surface area contributed by atoms with E-state index in [1.54, 1.807) is 12.1 Å². The Morgan fingerprint density at radius 3 is 2.87 bits per heavy atom. The van der Waals surface area contributed by atoms with Gasteiger partial charge in [-0.2, -0.15) is 0 Å². The molecule has 10 heteroatoms. The molecule has 3 heterocycles. The zero-order chi connectivity index (χ0) is 20.9. The van der Waals surface area contributed by atoms with Gasteiger partial charge in [0.15, 0.2) is 18.1 Å². The number of amides is 1. The Morgan fingerprint density at radius 2 is 2.07 bits per heavy atom. The summed E-state index contributed by atoms with van der Waals surface area (Å²) < 4.78 is 21.3. The summed E-state index contributed by atoms with van der Waals surface area (Å²) in [6.45, 7) is 2.29. The van der Waals surface area contributed by atoms with E-state index in [2.05, 4.69) is 10.2 Å². The molecular weight excluding hydrogens is 410 g/mol. The normalized spacial score (nSPS) is 12.0. The number of carbonyl (C=O) groups is 2. The van der Waals surface area contributed by atoms with Gasteiger partial charge in [0.1, 0.15) is 0 Å². The molecule has 0 spiro atoms. The molecule has 0 bridgehead atoms. The van der Waals surface area contributed by atoms with Gasteiger partial charge >= 0.3 is 5.97 Å². The zero-order valence-corrected chi connectivity index (χ0v) is 17.0. The second kappa shape index (κ2) is 8.95. The highest BCUT2D eigenvalue weighted by atomic mass is 32.1. The van der Waals surface area contributed by atoms with Crippen molar-refractivity contribution in [1.82, 2.24) is 15.1 Å². The van der Waals surface area contributed by atoms with Crippen LogP contribution >= 0.6 is 11.3 Å². The van der Waals surface area contributed by atoms with E-state index < -0.39 is 5.97 Å². The summed E-state index contributed by atoms with van der Waals surface area (Å²) >= 11 is 1.49. The molecular formula is C20H19N3O6S. The monoisotopic (exact) mass is 429 g/mol. The van der Waals surface area contributed by atoms with Gasteiger partial charge in [-0.25, -0.2) is 4.79 Å². The summed E-state index contributed by atoms with van der Waals surface area (Å²) in [6.07, 6.45) is 0.730. The topological polar surface area (TPSA) is 104 Å². The third-order valence-electron chi connectivity index (χ3n) is 4.31. The smallest absolute Gasteiger partial charge is 0.338 e. The molecule has 9 nitrogen and oxygen atoms in total. The quantitative estimate of drug-likeness (QED) is 0.503. The van der Waals surface area contributed by atoms with Crippen molar-refractivity contribution in [3.05, 3.63) is 47.2 Å². The molecule has 2 aromatic heterocycles. The average Bonchev–Trinajstić information content (AvgIpc) is 3.52. The molecule has 0 saturated carbocycles. The summed E-state index contributed by atoms with van der Waals surface area (Å²) in [6, 6.07) is 8.50. The fraction of sp³-hybridized carbons (Fsp3) is 0.300. The lowest BCUT2D eigenvalue weighted by molar-refractivity contribution is -0.135. The van der Waals surface area contributed by atoms with Crippen LogP contribution in [0, 0.1) is 0 Å². The lowest BCUT2D eigenvalue weighted by Gasteiger charge is -2.20. The fourth-order valence-electron chi connectivity index (χ4n) is 2.87. The van der Waals surface area contributed by atoms with Gasteiger partial charge in [0.25, 0.3) is 11.8 Å². The van der Waals surface area contributed by atoms with E-state index in [0.717, 1.165) is 11.3 Å². The zero-order valence-electron chi connectivity index (χ0n) is 16.2. The first-order valence-corrected chi connectivity index (χ1v) is 10.2. The molecule has 156 valence electrons. The van der Waals surface area contributed by atoms with Crippen molar-refractivity contribution in [2.45, 2.75) is 19.9 Å². The molecule has 4 rings (SSSR count). The van der Waals surface area contributed by atoms with Gasteiger partial charge in [-0.15, -0.1) is 21.5 Å². The first-order valence-electron chi connectivity index (χ1n) is 9.35. The number of fused-ring (bicyclic) bond motifs is 1. The van der Waals surface area contributed by atoms with Crippen molar-refractivity contribution in [2.24, 2.45) is 0 Å². The van der Waals surface area contributed by atoms with Crippen molar-refractivity contribution in [2.75, 3.05) is 19.9 Å². The number of rotatable bonds is 8. The minimum absolute atomic E-state index is 0.113. The average molecular weight is 429 g/mol. The van der Waals surface area contributed by atoms with Gasteiger partial charge in [-0.05, 0) is 36.1 Å². The predicted molar refractivity (Wildman–Crippen MR) is 106 cm³/mol. The summed E-state index contributed by atoms with van der Waals surface area (Å²) in [7, 11) is 0. The first-order chi connectivity index (χ1) is 14.6. The Labute approximate surface area is 176 Å². The standard InChI is InChI=1S/C20H19N3O6S/c1-2-7-23(10-17-21-22-19(29-17)16-4-3-8-30-16)18(24)11-26-20(25)13-5-6-14-15(9-13)28-12-27-14/h3-6,8-9H,2,7,10-12H2,1H3. The highest BCUT2D eigenvalue weighted by Gasteiger charge is 2.21. The Bertz CT molecular complexity index is 1030. The molecule has 0 atom stereocenters. The van der Waals surface area contributed by atoms with E-state index in [9.17, 15) is 9.59 Å². The molecule has 0 N–H and O–H groups in total.